The van der Waals surface area contributed by atoms with Gasteiger partial charge in [0.1, 0.15) is 0 Å². The van der Waals surface area contributed by atoms with Gasteiger partial charge in [-0.1, -0.05) is 6.07 Å². The van der Waals surface area contributed by atoms with Gasteiger partial charge in [0.25, 0.3) is 0 Å². The number of esters is 2. The second-order valence-corrected chi connectivity index (χ2v) is 8.20. The van der Waals surface area contributed by atoms with Crippen molar-refractivity contribution < 1.29 is 47.9 Å². The number of carbonyl (C=O) groups is 2. The maximum atomic E-state index is 13.4. The lowest BCUT2D eigenvalue weighted by Crippen LogP contribution is -2.52. The first kappa shape index (κ1) is 22.1. The van der Waals surface area contributed by atoms with Crippen LogP contribution >= 0.6 is 0 Å². The van der Waals surface area contributed by atoms with E-state index >= 15 is 0 Å². The molecule has 1 unspecified atom stereocenters. The number of fused-ring (bicyclic) bond motifs is 3. The first-order valence-electron chi connectivity index (χ1n) is 10.6. The van der Waals surface area contributed by atoms with Crippen molar-refractivity contribution in [2.45, 2.75) is 12.0 Å². The van der Waals surface area contributed by atoms with Gasteiger partial charge < -0.3 is 38.3 Å². The predicted molar refractivity (Wildman–Crippen MR) is 114 cm³/mol. The fraction of sp³-hybridized carbons (Fsp3) is 0.417. The minimum Gasteiger partial charge on any atom is -0.493 e. The van der Waals surface area contributed by atoms with Crippen molar-refractivity contribution in [3.05, 3.63) is 41.0 Å². The van der Waals surface area contributed by atoms with E-state index in [0.717, 1.165) is 0 Å². The Morgan fingerprint density at radius 3 is 2.24 bits per heavy atom. The number of aliphatic hydroxyl groups is 1. The molecule has 0 amide bonds. The zero-order valence-corrected chi connectivity index (χ0v) is 19.1. The van der Waals surface area contributed by atoms with E-state index in [1.165, 1.54) is 28.4 Å². The molecule has 3 aliphatic rings. The number of ether oxygens (including phenoxy) is 7. The number of cyclic esters (lactones) is 1. The first-order chi connectivity index (χ1) is 16.4. The molecule has 5 rings (SSSR count). The summed E-state index contributed by atoms with van der Waals surface area (Å²) in [6.45, 7) is -0.138. The molecule has 34 heavy (non-hydrogen) atoms. The average molecular weight is 472 g/mol. The number of hydrogen-bond donors (Lipinski definition) is 1. The van der Waals surface area contributed by atoms with Gasteiger partial charge in [-0.05, 0) is 29.3 Å². The number of rotatable bonds is 5. The molecule has 0 aromatic heterocycles. The summed E-state index contributed by atoms with van der Waals surface area (Å²) in [6.07, 6.45) is -1.20. The maximum absolute atomic E-state index is 13.4. The van der Waals surface area contributed by atoms with E-state index in [-0.39, 0.29) is 19.1 Å². The Bertz CT molecular complexity index is 1170. The van der Waals surface area contributed by atoms with Gasteiger partial charge in [-0.25, -0.2) is 0 Å². The van der Waals surface area contributed by atoms with E-state index in [4.69, 9.17) is 33.2 Å². The molecule has 10 nitrogen and oxygen atoms in total. The standard InChI is InChI=1S/C24H24O10/c1-28-15-6-5-11(20(29-2)21(15)30-3)18-12-7-16-17(34-10-33-16)8-13(12)19(25)14-9-32-23(27)24(14,18)22(26)31-4/h5-8,14,18-19,25H,9-10H2,1-4H3/t14-,18-,19?,24-/m1/s1. The van der Waals surface area contributed by atoms with Gasteiger partial charge in [-0.3, -0.25) is 9.59 Å². The number of benzene rings is 2. The molecular formula is C24H24O10. The van der Waals surface area contributed by atoms with Crippen LogP contribution in [0.4, 0.5) is 0 Å². The number of carbonyl (C=O) groups excluding carboxylic acids is 2. The smallest absolute Gasteiger partial charge is 0.325 e. The molecule has 1 saturated heterocycles. The maximum Gasteiger partial charge on any atom is 0.325 e. The second-order valence-electron chi connectivity index (χ2n) is 8.20. The Morgan fingerprint density at radius 2 is 1.62 bits per heavy atom. The highest BCUT2D eigenvalue weighted by Crippen LogP contribution is 2.63. The molecule has 2 heterocycles. The SMILES string of the molecule is COC(=O)[C@@]12C(=O)OC[C@@H]1C(O)c1cc3c(cc1[C@H]2c1ccc(OC)c(OC)c1OC)OCO3. The number of aliphatic hydroxyl groups excluding tert-OH is 1. The molecule has 180 valence electrons. The van der Waals surface area contributed by atoms with E-state index in [2.05, 4.69) is 0 Å². The first-order valence-corrected chi connectivity index (χ1v) is 10.6. The van der Waals surface area contributed by atoms with Gasteiger partial charge >= 0.3 is 11.9 Å². The third-order valence-corrected chi connectivity index (χ3v) is 6.93. The van der Waals surface area contributed by atoms with Crippen LogP contribution in [0.1, 0.15) is 28.7 Å². The fourth-order valence-corrected chi connectivity index (χ4v) is 5.47. The van der Waals surface area contributed by atoms with E-state index in [0.29, 0.717) is 39.7 Å². The molecule has 0 radical (unpaired) electrons. The van der Waals surface area contributed by atoms with Crippen LogP contribution in [0.25, 0.3) is 0 Å². The topological polar surface area (TPSA) is 119 Å². The Morgan fingerprint density at radius 1 is 0.941 bits per heavy atom. The van der Waals surface area contributed by atoms with Gasteiger partial charge in [-0.2, -0.15) is 0 Å². The molecule has 1 N–H and O–H groups in total. The third-order valence-electron chi connectivity index (χ3n) is 6.93. The van der Waals surface area contributed by atoms with Gasteiger partial charge in [-0.15, -0.1) is 0 Å². The van der Waals surface area contributed by atoms with Crippen LogP contribution in [0.3, 0.4) is 0 Å². The Hall–Kier alpha value is -3.66. The van der Waals surface area contributed by atoms with Crippen molar-refractivity contribution in [3.63, 3.8) is 0 Å². The van der Waals surface area contributed by atoms with Crippen LogP contribution in [0.15, 0.2) is 24.3 Å². The van der Waals surface area contributed by atoms with Gasteiger partial charge in [0.2, 0.25) is 12.5 Å². The van der Waals surface area contributed by atoms with Gasteiger partial charge in [0.05, 0.1) is 47.1 Å². The molecule has 0 spiro atoms. The highest BCUT2D eigenvalue weighted by Gasteiger charge is 2.69. The Labute approximate surface area is 195 Å². The summed E-state index contributed by atoms with van der Waals surface area (Å²) in [5.74, 6) is -1.61. The van der Waals surface area contributed by atoms with Gasteiger partial charge in [0, 0.05) is 11.5 Å². The van der Waals surface area contributed by atoms with Crippen LogP contribution in [-0.2, 0) is 19.1 Å². The summed E-state index contributed by atoms with van der Waals surface area (Å²) >= 11 is 0. The van der Waals surface area contributed by atoms with Crippen molar-refractivity contribution >= 4 is 11.9 Å². The summed E-state index contributed by atoms with van der Waals surface area (Å²) in [7, 11) is 5.60. The second kappa shape index (κ2) is 7.98. The molecule has 2 aliphatic heterocycles. The molecule has 10 heteroatoms. The van der Waals surface area contributed by atoms with Crippen molar-refractivity contribution in [3.8, 4) is 28.7 Å². The van der Waals surface area contributed by atoms with Crippen LogP contribution in [0, 0.1) is 11.3 Å². The molecule has 1 fully saturated rings. The van der Waals surface area contributed by atoms with E-state index in [1.807, 2.05) is 0 Å². The van der Waals surface area contributed by atoms with Crippen LogP contribution in [-0.4, -0.2) is 58.9 Å². The third kappa shape index (κ3) is 2.71. The highest BCUT2D eigenvalue weighted by molar-refractivity contribution is 6.04. The molecule has 2 aromatic rings. The Kier molecular flexibility index (Phi) is 5.20. The predicted octanol–water partition coefficient (Wildman–Crippen LogP) is 1.95. The fourth-order valence-electron chi connectivity index (χ4n) is 5.47. The van der Waals surface area contributed by atoms with Crippen molar-refractivity contribution in [2.75, 3.05) is 41.8 Å². The summed E-state index contributed by atoms with van der Waals surface area (Å²) in [6, 6.07) is 6.71. The van der Waals surface area contributed by atoms with Crippen LogP contribution < -0.4 is 23.7 Å². The summed E-state index contributed by atoms with van der Waals surface area (Å²) in [5.41, 5.74) is -0.431. The average Bonchev–Trinajstić information content (AvgIpc) is 3.46. The van der Waals surface area contributed by atoms with E-state index < -0.39 is 35.3 Å². The largest absolute Gasteiger partial charge is 0.493 e. The van der Waals surface area contributed by atoms with Crippen molar-refractivity contribution in [1.29, 1.82) is 0 Å². The molecule has 2 aromatic carbocycles. The van der Waals surface area contributed by atoms with Crippen LogP contribution in [0.2, 0.25) is 0 Å². The lowest BCUT2D eigenvalue weighted by molar-refractivity contribution is -0.168. The zero-order valence-electron chi connectivity index (χ0n) is 19.1. The van der Waals surface area contributed by atoms with E-state index in [1.54, 1.807) is 24.3 Å². The number of methoxy groups -OCH3 is 4. The molecule has 0 saturated carbocycles. The lowest BCUT2D eigenvalue weighted by atomic mass is 9.56. The summed E-state index contributed by atoms with van der Waals surface area (Å²) in [5, 5.41) is 11.4. The Balaban J connectivity index is 1.88. The quantitative estimate of drug-likeness (QED) is 0.511. The summed E-state index contributed by atoms with van der Waals surface area (Å²) < 4.78 is 38.3. The lowest BCUT2D eigenvalue weighted by Gasteiger charge is -2.44. The molecule has 1 aliphatic carbocycles. The molecule has 0 bridgehead atoms. The monoisotopic (exact) mass is 472 g/mol. The minimum absolute atomic E-state index is 0.0201. The van der Waals surface area contributed by atoms with E-state index in [9.17, 15) is 14.7 Å². The van der Waals surface area contributed by atoms with Crippen LogP contribution in [0.5, 0.6) is 28.7 Å². The summed E-state index contributed by atoms with van der Waals surface area (Å²) in [4.78, 5) is 26.8. The number of hydrogen-bond acceptors (Lipinski definition) is 10. The minimum atomic E-state index is -1.87. The molecular weight excluding hydrogens is 448 g/mol. The van der Waals surface area contributed by atoms with Crippen molar-refractivity contribution in [2.24, 2.45) is 11.3 Å². The van der Waals surface area contributed by atoms with Gasteiger partial charge in [0.15, 0.2) is 28.4 Å². The zero-order chi connectivity index (χ0) is 24.2. The molecule has 4 atom stereocenters. The van der Waals surface area contributed by atoms with Crippen molar-refractivity contribution in [1.82, 2.24) is 0 Å². The normalized spacial score (nSPS) is 26.3. The highest BCUT2D eigenvalue weighted by atomic mass is 16.7.